The highest BCUT2D eigenvalue weighted by atomic mass is 32.2. The Balaban J connectivity index is 4.13. The van der Waals surface area contributed by atoms with Crippen molar-refractivity contribution in [3.8, 4) is 0 Å². The van der Waals surface area contributed by atoms with Gasteiger partial charge in [0.15, 0.2) is 0 Å². The van der Waals surface area contributed by atoms with Crippen LogP contribution in [0.2, 0.25) is 0 Å². The molecular formula is C6H2F6O6S3. The first-order valence-electron chi connectivity index (χ1n) is 4.23. The predicted molar refractivity (Wildman–Crippen MR) is 54.0 cm³/mol. The van der Waals surface area contributed by atoms with Gasteiger partial charge in [-0.05, 0) is 0 Å². The predicted octanol–water partition coefficient (Wildman–Crippen LogP) is 2.28. The highest BCUT2D eigenvalue weighted by Crippen LogP contribution is 2.49. The molecule has 0 amide bonds. The zero-order chi connectivity index (χ0) is 17.0. The smallest absolute Gasteiger partial charge is 0.282 e. The molecule has 0 fully saturated rings. The maximum absolute atomic E-state index is 12.5. The first kappa shape index (κ1) is 18.1. The van der Waals surface area contributed by atoms with Crippen LogP contribution in [0.15, 0.2) is 9.79 Å². The Hall–Kier alpha value is -0.900. The normalized spacial score (nSPS) is 14.5. The molecule has 0 saturated heterocycles. The lowest BCUT2D eigenvalue weighted by molar-refractivity contribution is -0.137. The number of rotatable bonds is 2. The van der Waals surface area contributed by atoms with E-state index >= 15 is 0 Å². The Labute approximate surface area is 116 Å². The van der Waals surface area contributed by atoms with Crippen molar-refractivity contribution >= 4 is 31.6 Å². The van der Waals surface area contributed by atoms with Crippen molar-refractivity contribution in [3.63, 3.8) is 0 Å². The summed E-state index contributed by atoms with van der Waals surface area (Å²) in [6.07, 6.45) is -11.4. The summed E-state index contributed by atoms with van der Waals surface area (Å²) in [6, 6.07) is 0. The fraction of sp³-hybridized carbons (Fsp3) is 0.333. The van der Waals surface area contributed by atoms with Gasteiger partial charge in [-0.2, -0.15) is 43.2 Å². The second-order valence-electron chi connectivity index (χ2n) is 3.36. The molecule has 6 nitrogen and oxygen atoms in total. The average Bonchev–Trinajstić information content (AvgIpc) is 2.52. The van der Waals surface area contributed by atoms with Crippen molar-refractivity contribution in [2.45, 2.75) is 22.1 Å². The van der Waals surface area contributed by atoms with E-state index in [0.717, 1.165) is 0 Å². The lowest BCUT2D eigenvalue weighted by Crippen LogP contribution is -2.15. The largest absolute Gasteiger partial charge is 0.427 e. The lowest BCUT2D eigenvalue weighted by Gasteiger charge is -2.07. The molecule has 0 aromatic carbocycles. The molecule has 15 heteroatoms. The maximum atomic E-state index is 12.5. The summed E-state index contributed by atoms with van der Waals surface area (Å²) < 4.78 is 136. The van der Waals surface area contributed by atoms with E-state index in [4.69, 9.17) is 9.11 Å². The third-order valence-corrected chi connectivity index (χ3v) is 5.37. The summed E-state index contributed by atoms with van der Waals surface area (Å²) in [7, 11) is -12.0. The quantitative estimate of drug-likeness (QED) is 0.602. The Kier molecular flexibility index (Phi) is 4.15. The molecule has 0 unspecified atom stereocenters. The molecule has 0 aliphatic rings. The Morgan fingerprint density at radius 1 is 0.714 bits per heavy atom. The van der Waals surface area contributed by atoms with Crippen LogP contribution in [-0.2, 0) is 32.6 Å². The van der Waals surface area contributed by atoms with E-state index in [-0.39, 0.29) is 0 Å². The topological polar surface area (TPSA) is 109 Å². The Bertz CT molecular complexity index is 703. The molecule has 0 aliphatic heterocycles. The van der Waals surface area contributed by atoms with Crippen molar-refractivity contribution in [3.05, 3.63) is 9.75 Å². The molecular weight excluding hydrogens is 378 g/mol. The molecule has 21 heavy (non-hydrogen) atoms. The molecule has 0 atom stereocenters. The summed E-state index contributed by atoms with van der Waals surface area (Å²) in [5.74, 6) is 0. The lowest BCUT2D eigenvalue weighted by atomic mass is 10.4. The van der Waals surface area contributed by atoms with Crippen LogP contribution >= 0.6 is 11.3 Å². The molecule has 1 aromatic heterocycles. The minimum atomic E-state index is -6.02. The van der Waals surface area contributed by atoms with E-state index in [1.165, 1.54) is 0 Å². The van der Waals surface area contributed by atoms with Gasteiger partial charge in [0.2, 0.25) is 0 Å². The standard InChI is InChI=1S/C6H2F6O6S3/c7-5(8,9)3-1(20(13,14)15)2(21(16,17)18)4(19-3)6(10,11)12/h(H,13,14,15)(H,16,17,18). The zero-order valence-electron chi connectivity index (χ0n) is 9.02. The van der Waals surface area contributed by atoms with Gasteiger partial charge in [-0.25, -0.2) is 0 Å². The summed E-state index contributed by atoms with van der Waals surface area (Å²) >= 11 is -1.27. The van der Waals surface area contributed by atoms with Crippen LogP contribution < -0.4 is 0 Å². The van der Waals surface area contributed by atoms with Crippen LogP contribution in [0.3, 0.4) is 0 Å². The van der Waals surface area contributed by atoms with E-state index in [1.807, 2.05) is 0 Å². The molecule has 1 heterocycles. The highest BCUT2D eigenvalue weighted by molar-refractivity contribution is 7.89. The van der Waals surface area contributed by atoms with Crippen LogP contribution in [0.1, 0.15) is 9.75 Å². The van der Waals surface area contributed by atoms with Crippen molar-refractivity contribution in [2.75, 3.05) is 0 Å². The van der Waals surface area contributed by atoms with Crippen molar-refractivity contribution in [1.29, 1.82) is 0 Å². The number of hydrogen-bond donors (Lipinski definition) is 2. The van der Waals surface area contributed by atoms with Gasteiger partial charge in [0.25, 0.3) is 20.2 Å². The number of halogens is 6. The van der Waals surface area contributed by atoms with Crippen LogP contribution in [0.5, 0.6) is 0 Å². The molecule has 0 radical (unpaired) electrons. The van der Waals surface area contributed by atoms with Crippen molar-refractivity contribution < 1.29 is 52.3 Å². The second-order valence-corrected chi connectivity index (χ2v) is 7.10. The van der Waals surface area contributed by atoms with Crippen LogP contribution in [-0.4, -0.2) is 25.9 Å². The van der Waals surface area contributed by atoms with Gasteiger partial charge in [-0.15, -0.1) is 11.3 Å². The van der Waals surface area contributed by atoms with Gasteiger partial charge >= 0.3 is 12.4 Å². The molecule has 1 aromatic rings. The Morgan fingerprint density at radius 2 is 0.952 bits per heavy atom. The van der Waals surface area contributed by atoms with E-state index in [2.05, 4.69) is 0 Å². The first-order valence-corrected chi connectivity index (χ1v) is 7.93. The number of thiophene rings is 1. The fourth-order valence-electron chi connectivity index (χ4n) is 1.24. The molecule has 122 valence electrons. The summed E-state index contributed by atoms with van der Waals surface area (Å²) in [6.45, 7) is 0. The average molecular weight is 380 g/mol. The van der Waals surface area contributed by atoms with E-state index in [1.54, 1.807) is 0 Å². The second kappa shape index (κ2) is 4.80. The molecule has 0 spiro atoms. The van der Waals surface area contributed by atoms with Gasteiger partial charge in [0, 0.05) is 0 Å². The monoisotopic (exact) mass is 380 g/mol. The molecule has 0 bridgehead atoms. The van der Waals surface area contributed by atoms with Crippen LogP contribution in [0.25, 0.3) is 0 Å². The van der Waals surface area contributed by atoms with Gasteiger partial charge in [-0.1, -0.05) is 0 Å². The maximum Gasteiger partial charge on any atom is 0.427 e. The van der Waals surface area contributed by atoms with Crippen LogP contribution in [0, 0.1) is 0 Å². The summed E-state index contributed by atoms with van der Waals surface area (Å²) in [5, 5.41) is 0. The third-order valence-electron chi connectivity index (χ3n) is 1.85. The number of alkyl halides is 6. The Morgan fingerprint density at radius 3 is 1.10 bits per heavy atom. The van der Waals surface area contributed by atoms with Gasteiger partial charge in [0.05, 0.1) is 0 Å². The minimum Gasteiger partial charge on any atom is -0.282 e. The van der Waals surface area contributed by atoms with E-state index in [9.17, 15) is 43.2 Å². The van der Waals surface area contributed by atoms with E-state index < -0.39 is 63.5 Å². The van der Waals surface area contributed by atoms with Gasteiger partial charge in [-0.3, -0.25) is 9.11 Å². The first-order chi connectivity index (χ1) is 8.97. The molecule has 1 rings (SSSR count). The molecule has 0 aliphatic carbocycles. The van der Waals surface area contributed by atoms with Crippen LogP contribution in [0.4, 0.5) is 26.3 Å². The number of hydrogen-bond acceptors (Lipinski definition) is 5. The van der Waals surface area contributed by atoms with Gasteiger partial charge < -0.3 is 0 Å². The zero-order valence-corrected chi connectivity index (χ0v) is 11.5. The SMILES string of the molecule is O=S(=O)(O)c1c(C(F)(F)F)sc(C(F)(F)F)c1S(=O)(=O)O. The summed E-state index contributed by atoms with van der Waals surface area (Å²) in [4.78, 5) is -10.2. The van der Waals surface area contributed by atoms with Crippen molar-refractivity contribution in [1.82, 2.24) is 0 Å². The van der Waals surface area contributed by atoms with Crippen molar-refractivity contribution in [2.24, 2.45) is 0 Å². The minimum absolute atomic E-state index is 1.27. The third kappa shape index (κ3) is 3.65. The highest BCUT2D eigenvalue weighted by Gasteiger charge is 2.50. The fourth-order valence-corrected chi connectivity index (χ4v) is 5.08. The van der Waals surface area contributed by atoms with Gasteiger partial charge in [0.1, 0.15) is 19.5 Å². The summed E-state index contributed by atoms with van der Waals surface area (Å²) in [5.41, 5.74) is 0. The molecule has 0 saturated carbocycles. The van der Waals surface area contributed by atoms with E-state index in [0.29, 0.717) is 0 Å². The molecule has 2 N–H and O–H groups in total.